The molecule has 0 unspecified atom stereocenters. The number of fused-ring (bicyclic) bond motifs is 3. The molecule has 0 saturated heterocycles. The molecule has 1 aromatic carbocycles. The van der Waals surface area contributed by atoms with E-state index in [0.717, 1.165) is 31.0 Å². The minimum atomic E-state index is -3.19. The number of hydrogen-bond donors (Lipinski definition) is 0. The molecular formula is C16H25NO2SSi. The van der Waals surface area contributed by atoms with Crippen LogP contribution < -0.4 is 4.31 Å². The number of para-hydroxylation sites is 1. The molecule has 0 bridgehead atoms. The van der Waals surface area contributed by atoms with Crippen molar-refractivity contribution >= 4 is 23.8 Å². The van der Waals surface area contributed by atoms with Gasteiger partial charge in [0.1, 0.15) is 0 Å². The average molecular weight is 324 g/mol. The van der Waals surface area contributed by atoms with Crippen molar-refractivity contribution in [3.05, 3.63) is 29.8 Å². The van der Waals surface area contributed by atoms with Gasteiger partial charge in [-0.15, -0.1) is 0 Å². The molecule has 1 saturated carbocycles. The van der Waals surface area contributed by atoms with E-state index in [2.05, 4.69) is 25.7 Å². The molecule has 1 aliphatic carbocycles. The van der Waals surface area contributed by atoms with E-state index in [9.17, 15) is 8.42 Å². The Morgan fingerprint density at radius 2 is 1.90 bits per heavy atom. The van der Waals surface area contributed by atoms with Gasteiger partial charge >= 0.3 is 0 Å². The van der Waals surface area contributed by atoms with Crippen molar-refractivity contribution in [1.82, 2.24) is 0 Å². The van der Waals surface area contributed by atoms with Crippen LogP contribution >= 0.6 is 0 Å². The molecule has 3 rings (SSSR count). The van der Waals surface area contributed by atoms with Gasteiger partial charge in [0.15, 0.2) is 0 Å². The highest BCUT2D eigenvalue weighted by Gasteiger charge is 2.46. The Morgan fingerprint density at radius 3 is 2.62 bits per heavy atom. The normalized spacial score (nSPS) is 25.0. The average Bonchev–Trinajstić information content (AvgIpc) is 2.95. The van der Waals surface area contributed by atoms with E-state index in [4.69, 9.17) is 0 Å². The molecule has 5 heteroatoms. The maximum atomic E-state index is 12.9. The summed E-state index contributed by atoms with van der Waals surface area (Å²) in [5.41, 5.74) is 2.19. The van der Waals surface area contributed by atoms with E-state index in [1.165, 1.54) is 5.56 Å². The van der Waals surface area contributed by atoms with Crippen LogP contribution in [-0.4, -0.2) is 28.3 Å². The molecule has 0 spiro atoms. The minimum Gasteiger partial charge on any atom is -0.266 e. The highest BCUT2D eigenvalue weighted by atomic mass is 32.2. The third kappa shape index (κ3) is 2.78. The molecule has 0 N–H and O–H groups in total. The van der Waals surface area contributed by atoms with E-state index >= 15 is 0 Å². The molecular weight excluding hydrogens is 298 g/mol. The molecule has 0 aromatic heterocycles. The molecule has 1 aliphatic heterocycles. The summed E-state index contributed by atoms with van der Waals surface area (Å²) in [6.07, 6.45) is 3.27. The van der Waals surface area contributed by atoms with Crippen molar-refractivity contribution in [2.75, 3.05) is 10.1 Å². The van der Waals surface area contributed by atoms with Gasteiger partial charge in [-0.05, 0) is 30.5 Å². The topological polar surface area (TPSA) is 37.4 Å². The summed E-state index contributed by atoms with van der Waals surface area (Å²) >= 11 is 0. The smallest absolute Gasteiger partial charge is 0.235 e. The van der Waals surface area contributed by atoms with Crippen LogP contribution in [0.4, 0.5) is 5.69 Å². The lowest BCUT2D eigenvalue weighted by Gasteiger charge is -2.27. The lowest BCUT2D eigenvalue weighted by molar-refractivity contribution is 0.573. The van der Waals surface area contributed by atoms with Crippen molar-refractivity contribution < 1.29 is 8.42 Å². The van der Waals surface area contributed by atoms with Crippen molar-refractivity contribution in [3.8, 4) is 0 Å². The number of anilines is 1. The van der Waals surface area contributed by atoms with Crippen molar-refractivity contribution in [3.63, 3.8) is 0 Å². The largest absolute Gasteiger partial charge is 0.266 e. The van der Waals surface area contributed by atoms with Gasteiger partial charge in [0.25, 0.3) is 0 Å². The van der Waals surface area contributed by atoms with Gasteiger partial charge in [0, 0.05) is 14.0 Å². The van der Waals surface area contributed by atoms with Crippen molar-refractivity contribution in [2.45, 2.75) is 56.9 Å². The molecule has 1 aromatic rings. The Morgan fingerprint density at radius 1 is 1.19 bits per heavy atom. The van der Waals surface area contributed by atoms with E-state index in [0.29, 0.717) is 11.7 Å². The Kier molecular flexibility index (Phi) is 3.68. The van der Waals surface area contributed by atoms with E-state index in [1.54, 1.807) is 4.31 Å². The number of nitrogens with zero attached hydrogens (tertiary/aromatic N) is 1. The first kappa shape index (κ1) is 15.1. The molecule has 3 nitrogen and oxygen atoms in total. The number of benzene rings is 1. The Balaban J connectivity index is 1.94. The number of sulfonamides is 1. The molecule has 21 heavy (non-hydrogen) atoms. The molecule has 1 heterocycles. The second-order valence-electron chi connectivity index (χ2n) is 7.59. The van der Waals surface area contributed by atoms with Crippen molar-refractivity contribution in [2.24, 2.45) is 0 Å². The quantitative estimate of drug-likeness (QED) is 0.790. The van der Waals surface area contributed by atoms with E-state index in [-0.39, 0.29) is 6.04 Å². The zero-order valence-corrected chi connectivity index (χ0v) is 15.0. The van der Waals surface area contributed by atoms with Gasteiger partial charge in [0.05, 0.1) is 17.5 Å². The maximum Gasteiger partial charge on any atom is 0.235 e. The van der Waals surface area contributed by atoms with E-state index in [1.807, 2.05) is 18.2 Å². The van der Waals surface area contributed by atoms with E-state index < -0.39 is 18.1 Å². The first-order valence-electron chi connectivity index (χ1n) is 7.91. The van der Waals surface area contributed by atoms with Gasteiger partial charge in [-0.1, -0.05) is 44.3 Å². The predicted octanol–water partition coefficient (Wildman–Crippen LogP) is 3.81. The first-order valence-corrected chi connectivity index (χ1v) is 13.2. The third-order valence-electron chi connectivity index (χ3n) is 4.76. The second-order valence-corrected chi connectivity index (χ2v) is 15.2. The lowest BCUT2D eigenvalue weighted by atomic mass is 9.98. The van der Waals surface area contributed by atoms with Crippen molar-refractivity contribution in [1.29, 1.82) is 0 Å². The fourth-order valence-electron chi connectivity index (χ4n) is 3.65. The molecule has 1 fully saturated rings. The fourth-order valence-corrected chi connectivity index (χ4v) is 8.46. The molecule has 2 aliphatic rings. The van der Waals surface area contributed by atoms with Gasteiger partial charge in [-0.2, -0.15) is 0 Å². The molecule has 2 atom stereocenters. The second kappa shape index (κ2) is 5.13. The molecule has 0 amide bonds. The summed E-state index contributed by atoms with van der Waals surface area (Å²) in [6, 6.07) is 9.11. The van der Waals surface area contributed by atoms with Gasteiger partial charge < -0.3 is 0 Å². The Labute approximate surface area is 129 Å². The van der Waals surface area contributed by atoms with Crippen LogP contribution in [0.15, 0.2) is 24.3 Å². The minimum absolute atomic E-state index is 0.175. The van der Waals surface area contributed by atoms with Crippen LogP contribution in [0.2, 0.25) is 25.7 Å². The lowest BCUT2D eigenvalue weighted by Crippen LogP contribution is -2.40. The predicted molar refractivity (Wildman–Crippen MR) is 91.2 cm³/mol. The number of rotatable bonds is 4. The summed E-state index contributed by atoms with van der Waals surface area (Å²) < 4.78 is 27.6. The SMILES string of the molecule is C[Si](C)(C)CCS(=O)(=O)N1c2ccccc2[C@H]2CCC[C@H]21. The van der Waals surface area contributed by atoms with Crippen LogP contribution in [0.25, 0.3) is 0 Å². The zero-order chi connectivity index (χ0) is 15.3. The summed E-state index contributed by atoms with van der Waals surface area (Å²) in [4.78, 5) is 0. The van der Waals surface area contributed by atoms with Crippen LogP contribution in [0.1, 0.15) is 30.7 Å². The Bertz CT molecular complexity index is 636. The maximum absolute atomic E-state index is 12.9. The standard InChI is InChI=1S/C16H25NO2SSi/c1-21(2,3)12-11-20(18,19)17-15-9-5-4-7-13(15)14-8-6-10-16(14)17/h4-5,7,9,14,16H,6,8,10-12H2,1-3H3/t14-,16-/m1/s1. The summed E-state index contributed by atoms with van der Waals surface area (Å²) in [6.45, 7) is 6.70. The van der Waals surface area contributed by atoms with Crippen LogP contribution in [0.5, 0.6) is 0 Å². The highest BCUT2D eigenvalue weighted by molar-refractivity contribution is 7.92. The summed E-state index contributed by atoms with van der Waals surface area (Å²) in [5.74, 6) is 0.725. The first-order chi connectivity index (χ1) is 9.80. The van der Waals surface area contributed by atoms with Crippen LogP contribution in [-0.2, 0) is 10.0 Å². The Hall–Kier alpha value is -0.813. The molecule has 0 radical (unpaired) electrons. The third-order valence-corrected chi connectivity index (χ3v) is 8.66. The monoisotopic (exact) mass is 323 g/mol. The number of hydrogen-bond acceptors (Lipinski definition) is 2. The van der Waals surface area contributed by atoms with Gasteiger partial charge in [0.2, 0.25) is 10.0 Å². The zero-order valence-electron chi connectivity index (χ0n) is 13.2. The van der Waals surface area contributed by atoms with Crippen LogP contribution in [0, 0.1) is 0 Å². The van der Waals surface area contributed by atoms with Gasteiger partial charge in [-0.3, -0.25) is 4.31 Å². The summed E-state index contributed by atoms with van der Waals surface area (Å²) in [7, 11) is -4.54. The summed E-state index contributed by atoms with van der Waals surface area (Å²) in [5, 5.41) is 0. The highest BCUT2D eigenvalue weighted by Crippen LogP contribution is 2.50. The van der Waals surface area contributed by atoms with Crippen LogP contribution in [0.3, 0.4) is 0 Å². The van der Waals surface area contributed by atoms with Gasteiger partial charge in [-0.25, -0.2) is 8.42 Å². The molecule has 116 valence electrons. The fraction of sp³-hybridized carbons (Fsp3) is 0.625.